The van der Waals surface area contributed by atoms with Gasteiger partial charge in [0.25, 0.3) is 0 Å². The predicted octanol–water partition coefficient (Wildman–Crippen LogP) is 3.08. The van der Waals surface area contributed by atoms with Crippen LogP contribution in [-0.2, 0) is 11.3 Å². The van der Waals surface area contributed by atoms with Crippen LogP contribution in [0.3, 0.4) is 0 Å². The maximum atomic E-state index is 13.0. The first-order valence-electron chi connectivity index (χ1n) is 9.13. The Morgan fingerprint density at radius 1 is 1.04 bits per heavy atom. The van der Waals surface area contributed by atoms with Crippen LogP contribution in [0.15, 0.2) is 24.3 Å². The van der Waals surface area contributed by atoms with E-state index in [0.717, 1.165) is 64.0 Å². The van der Waals surface area contributed by atoms with Crippen LogP contribution in [-0.4, -0.2) is 48.4 Å². The average molecular weight is 406 g/mol. The highest BCUT2D eigenvalue weighted by atomic mass is 35.5. The number of carbonyl (C=O) groups excluding carboxylic acids is 1. The highest BCUT2D eigenvalue weighted by molar-refractivity contribution is 5.85. The van der Waals surface area contributed by atoms with Crippen LogP contribution >= 0.6 is 24.8 Å². The third-order valence-corrected chi connectivity index (χ3v) is 5.50. The fraction of sp³-hybridized carbons (Fsp3) is 0.632. The van der Waals surface area contributed by atoms with Crippen LogP contribution in [0.25, 0.3) is 0 Å². The number of nitrogens with two attached hydrogens (primary N) is 1. The lowest BCUT2D eigenvalue weighted by atomic mass is 9.94. The second-order valence-electron chi connectivity index (χ2n) is 7.11. The molecule has 2 atom stereocenters. The summed E-state index contributed by atoms with van der Waals surface area (Å²) in [7, 11) is 0. The summed E-state index contributed by atoms with van der Waals surface area (Å²) in [5.74, 6) is 0.624. The first-order valence-corrected chi connectivity index (χ1v) is 9.13. The summed E-state index contributed by atoms with van der Waals surface area (Å²) in [6.45, 7) is 4.92. The van der Waals surface area contributed by atoms with Crippen molar-refractivity contribution in [2.45, 2.75) is 32.2 Å². The molecule has 1 heterocycles. The van der Waals surface area contributed by atoms with E-state index in [9.17, 15) is 9.18 Å². The van der Waals surface area contributed by atoms with Crippen molar-refractivity contribution in [1.82, 2.24) is 9.80 Å². The van der Waals surface area contributed by atoms with E-state index in [1.54, 1.807) is 0 Å². The molecule has 1 aromatic carbocycles. The first-order chi connectivity index (χ1) is 11.7. The first kappa shape index (κ1) is 23.2. The van der Waals surface area contributed by atoms with Gasteiger partial charge in [-0.2, -0.15) is 0 Å². The third-order valence-electron chi connectivity index (χ3n) is 5.50. The molecule has 4 nitrogen and oxygen atoms in total. The molecule has 1 amide bonds. The number of rotatable bonds is 4. The number of amides is 1. The Bertz CT molecular complexity index is 558. The van der Waals surface area contributed by atoms with Gasteiger partial charge in [-0.1, -0.05) is 18.6 Å². The molecule has 0 aromatic heterocycles. The zero-order chi connectivity index (χ0) is 16.9. The van der Waals surface area contributed by atoms with Crippen molar-refractivity contribution in [2.24, 2.45) is 17.6 Å². The molecular weight excluding hydrogens is 376 g/mol. The summed E-state index contributed by atoms with van der Waals surface area (Å²) in [5, 5.41) is 0. The van der Waals surface area contributed by atoms with E-state index in [2.05, 4.69) is 4.90 Å². The van der Waals surface area contributed by atoms with Gasteiger partial charge in [0.15, 0.2) is 0 Å². The fourth-order valence-corrected chi connectivity index (χ4v) is 4.08. The molecule has 1 saturated carbocycles. The SMILES string of the molecule is Cl.Cl.NC[C@H]1CCC[C@H]1C(=O)N1CCCN(Cc2ccc(F)cc2)CC1. The molecule has 1 aliphatic heterocycles. The van der Waals surface area contributed by atoms with Gasteiger partial charge < -0.3 is 10.6 Å². The number of halogens is 3. The molecule has 0 bridgehead atoms. The minimum atomic E-state index is -0.197. The average Bonchev–Trinajstić information content (AvgIpc) is 2.95. The van der Waals surface area contributed by atoms with Crippen LogP contribution in [0.5, 0.6) is 0 Å². The van der Waals surface area contributed by atoms with Gasteiger partial charge >= 0.3 is 0 Å². The normalized spacial score (nSPS) is 23.7. The summed E-state index contributed by atoms with van der Waals surface area (Å²) >= 11 is 0. The fourth-order valence-electron chi connectivity index (χ4n) is 4.08. The molecule has 1 saturated heterocycles. The Hall–Kier alpha value is -0.880. The van der Waals surface area contributed by atoms with E-state index in [-0.39, 0.29) is 36.5 Å². The van der Waals surface area contributed by atoms with Crippen molar-refractivity contribution >= 4 is 30.7 Å². The highest BCUT2D eigenvalue weighted by Gasteiger charge is 2.35. The van der Waals surface area contributed by atoms with E-state index in [0.29, 0.717) is 18.4 Å². The Labute approximate surface area is 168 Å². The van der Waals surface area contributed by atoms with Crippen LogP contribution < -0.4 is 5.73 Å². The molecule has 1 aliphatic carbocycles. The van der Waals surface area contributed by atoms with Crippen molar-refractivity contribution in [1.29, 1.82) is 0 Å². The largest absolute Gasteiger partial charge is 0.341 e. The molecule has 3 rings (SSSR count). The summed E-state index contributed by atoms with van der Waals surface area (Å²) < 4.78 is 13.0. The Morgan fingerprint density at radius 3 is 2.46 bits per heavy atom. The molecule has 0 radical (unpaired) electrons. The number of hydrogen-bond acceptors (Lipinski definition) is 3. The van der Waals surface area contributed by atoms with Crippen molar-refractivity contribution in [3.8, 4) is 0 Å². The third kappa shape index (κ3) is 5.81. The van der Waals surface area contributed by atoms with Crippen molar-refractivity contribution in [3.05, 3.63) is 35.6 Å². The second-order valence-corrected chi connectivity index (χ2v) is 7.11. The molecule has 0 spiro atoms. The Morgan fingerprint density at radius 2 is 1.77 bits per heavy atom. The van der Waals surface area contributed by atoms with E-state index < -0.39 is 0 Å². The summed E-state index contributed by atoms with van der Waals surface area (Å²) in [6, 6.07) is 6.70. The summed E-state index contributed by atoms with van der Waals surface area (Å²) in [5.41, 5.74) is 6.96. The van der Waals surface area contributed by atoms with Gasteiger partial charge in [0, 0.05) is 38.6 Å². The lowest BCUT2D eigenvalue weighted by Crippen LogP contribution is -2.41. The molecule has 7 heteroatoms. The van der Waals surface area contributed by atoms with E-state index >= 15 is 0 Å². The van der Waals surface area contributed by atoms with Gasteiger partial charge in [-0.05, 0) is 49.4 Å². The van der Waals surface area contributed by atoms with Gasteiger partial charge in [-0.15, -0.1) is 24.8 Å². The topological polar surface area (TPSA) is 49.6 Å². The number of carbonyl (C=O) groups is 1. The zero-order valence-corrected chi connectivity index (χ0v) is 16.7. The van der Waals surface area contributed by atoms with E-state index in [1.165, 1.54) is 12.1 Å². The molecule has 148 valence electrons. The number of nitrogens with zero attached hydrogens (tertiary/aromatic N) is 2. The maximum Gasteiger partial charge on any atom is 0.226 e. The van der Waals surface area contributed by atoms with Gasteiger partial charge in [-0.25, -0.2) is 4.39 Å². The summed E-state index contributed by atoms with van der Waals surface area (Å²) in [4.78, 5) is 17.2. The van der Waals surface area contributed by atoms with Gasteiger partial charge in [0.2, 0.25) is 5.91 Å². The van der Waals surface area contributed by atoms with Gasteiger partial charge in [0.05, 0.1) is 0 Å². The van der Waals surface area contributed by atoms with Crippen molar-refractivity contribution in [2.75, 3.05) is 32.7 Å². The quantitative estimate of drug-likeness (QED) is 0.836. The van der Waals surface area contributed by atoms with Gasteiger partial charge in [-0.3, -0.25) is 9.69 Å². The molecule has 1 aromatic rings. The summed E-state index contributed by atoms with van der Waals surface area (Å²) in [6.07, 6.45) is 4.21. The lowest BCUT2D eigenvalue weighted by Gasteiger charge is -2.27. The molecule has 2 N–H and O–H groups in total. The number of hydrogen-bond donors (Lipinski definition) is 1. The zero-order valence-electron chi connectivity index (χ0n) is 15.1. The van der Waals surface area contributed by atoms with Crippen LogP contribution in [0.2, 0.25) is 0 Å². The van der Waals surface area contributed by atoms with Crippen LogP contribution in [0, 0.1) is 17.7 Å². The molecule has 26 heavy (non-hydrogen) atoms. The molecule has 2 aliphatic rings. The Balaban J connectivity index is 0.00000169. The number of benzene rings is 1. The van der Waals surface area contributed by atoms with E-state index in [1.807, 2.05) is 17.0 Å². The van der Waals surface area contributed by atoms with Crippen LogP contribution in [0.4, 0.5) is 4.39 Å². The molecule has 0 unspecified atom stereocenters. The molecular formula is C19H30Cl2FN3O. The maximum absolute atomic E-state index is 13.0. The second kappa shape index (κ2) is 11.1. The monoisotopic (exact) mass is 405 g/mol. The van der Waals surface area contributed by atoms with Crippen LogP contribution in [0.1, 0.15) is 31.2 Å². The van der Waals surface area contributed by atoms with Gasteiger partial charge in [0.1, 0.15) is 5.82 Å². The van der Waals surface area contributed by atoms with Crippen molar-refractivity contribution in [3.63, 3.8) is 0 Å². The predicted molar refractivity (Wildman–Crippen MR) is 107 cm³/mol. The standard InChI is InChI=1S/C19H28FN3O.2ClH/c20-17-7-5-15(6-8-17)14-22-9-2-10-23(12-11-22)19(24)18-4-1-3-16(18)13-21;;/h5-8,16,18H,1-4,9-14,21H2;2*1H/t16-,18-;;/m1../s1. The van der Waals surface area contributed by atoms with E-state index in [4.69, 9.17) is 5.73 Å². The molecule has 2 fully saturated rings. The highest BCUT2D eigenvalue weighted by Crippen LogP contribution is 2.32. The minimum Gasteiger partial charge on any atom is -0.341 e. The Kier molecular flexibility index (Phi) is 9.86. The van der Waals surface area contributed by atoms with Crippen molar-refractivity contribution < 1.29 is 9.18 Å². The smallest absolute Gasteiger partial charge is 0.226 e. The lowest BCUT2D eigenvalue weighted by molar-refractivity contribution is -0.136. The minimum absolute atomic E-state index is 0.